The minimum absolute atomic E-state index is 0.374. The van der Waals surface area contributed by atoms with Crippen molar-refractivity contribution in [3.05, 3.63) is 23.2 Å². The summed E-state index contributed by atoms with van der Waals surface area (Å²) in [5.41, 5.74) is 4.44. The first-order chi connectivity index (χ1) is 9.82. The Hall–Kier alpha value is -1.25. The van der Waals surface area contributed by atoms with Crippen LogP contribution < -0.4 is 0 Å². The maximum atomic E-state index is 4.86. The molecule has 0 atom stereocenters. The summed E-state index contributed by atoms with van der Waals surface area (Å²) >= 11 is 0. The topological polar surface area (TPSA) is 37.1 Å². The van der Waals surface area contributed by atoms with Crippen LogP contribution in [-0.4, -0.2) is 5.71 Å². The molecule has 0 fully saturated rings. The average Bonchev–Trinajstić information content (AvgIpc) is 2.35. The van der Waals surface area contributed by atoms with Crippen LogP contribution in [0.15, 0.2) is 38.4 Å². The quantitative estimate of drug-likeness (QED) is 0.557. The lowest BCUT2D eigenvalue weighted by atomic mass is 10.0. The van der Waals surface area contributed by atoms with Gasteiger partial charge >= 0.3 is 0 Å². The van der Waals surface area contributed by atoms with E-state index in [0.29, 0.717) is 17.8 Å². The lowest BCUT2D eigenvalue weighted by Crippen LogP contribution is -2.06. The molecule has 1 aliphatic rings. The summed E-state index contributed by atoms with van der Waals surface area (Å²) in [5.74, 6) is 1.27. The van der Waals surface area contributed by atoms with Gasteiger partial charge in [0.1, 0.15) is 0 Å². The summed E-state index contributed by atoms with van der Waals surface area (Å²) in [4.78, 5) is 4.86. The van der Waals surface area contributed by atoms with Crippen LogP contribution in [0.3, 0.4) is 0 Å². The zero-order chi connectivity index (χ0) is 16.0. The summed E-state index contributed by atoms with van der Waals surface area (Å²) in [7, 11) is 0. The van der Waals surface area contributed by atoms with Crippen molar-refractivity contribution >= 4 is 5.71 Å². The molecule has 0 radical (unpaired) electrons. The van der Waals surface area contributed by atoms with E-state index in [9.17, 15) is 0 Å². The highest BCUT2D eigenvalue weighted by Gasteiger charge is 2.14. The number of hydrogen-bond donors (Lipinski definition) is 0. The van der Waals surface area contributed by atoms with Gasteiger partial charge in [-0.3, -0.25) is 4.99 Å². The van der Waals surface area contributed by atoms with Gasteiger partial charge < -0.3 is 0 Å². The largest absolute Gasteiger partial charge is 0.260 e. The molecular formula is C18H31N3. The molecule has 3 nitrogen and oxygen atoms in total. The molecule has 1 aliphatic heterocycles. The summed E-state index contributed by atoms with van der Waals surface area (Å²) in [6.07, 6.45) is 5.39. The number of rotatable bonds is 4. The fourth-order valence-corrected chi connectivity index (χ4v) is 2.10. The van der Waals surface area contributed by atoms with Crippen LogP contribution in [0.2, 0.25) is 0 Å². The second-order valence-electron chi connectivity index (χ2n) is 6.77. The molecule has 0 unspecified atom stereocenters. The molecule has 0 saturated carbocycles. The Labute approximate surface area is 130 Å². The van der Waals surface area contributed by atoms with Gasteiger partial charge in [0.25, 0.3) is 0 Å². The Morgan fingerprint density at radius 1 is 1.05 bits per heavy atom. The molecule has 0 aliphatic carbocycles. The Bertz CT molecular complexity index is 463. The molecule has 1 rings (SSSR count). The lowest BCUT2D eigenvalue weighted by Gasteiger charge is -2.15. The molecule has 0 saturated heterocycles. The highest BCUT2D eigenvalue weighted by molar-refractivity contribution is 5.84. The maximum absolute atomic E-state index is 4.86. The normalized spacial score (nSPS) is 23.9. The SMILES string of the molecule is C\C(=N/C(=C1CCC\C=C(C(C)C)/N=N\1)C(C)C)C(C)C. The maximum Gasteiger partial charge on any atom is 0.0847 e. The smallest absolute Gasteiger partial charge is 0.0847 e. The molecule has 0 aromatic heterocycles. The molecule has 0 spiro atoms. The van der Waals surface area contributed by atoms with Crippen LogP contribution in [0.4, 0.5) is 0 Å². The van der Waals surface area contributed by atoms with Crippen molar-refractivity contribution in [3.63, 3.8) is 0 Å². The van der Waals surface area contributed by atoms with Gasteiger partial charge in [-0.25, -0.2) is 0 Å². The van der Waals surface area contributed by atoms with Gasteiger partial charge in [-0.05, 0) is 43.9 Å². The van der Waals surface area contributed by atoms with E-state index in [1.807, 2.05) is 0 Å². The minimum Gasteiger partial charge on any atom is -0.260 e. The lowest BCUT2D eigenvalue weighted by molar-refractivity contribution is 0.671. The van der Waals surface area contributed by atoms with Crippen molar-refractivity contribution in [3.8, 4) is 0 Å². The van der Waals surface area contributed by atoms with Gasteiger partial charge in [0.2, 0.25) is 0 Å². The molecule has 0 bridgehead atoms. The van der Waals surface area contributed by atoms with E-state index < -0.39 is 0 Å². The Morgan fingerprint density at radius 2 is 1.71 bits per heavy atom. The number of azo groups is 1. The van der Waals surface area contributed by atoms with E-state index in [4.69, 9.17) is 4.99 Å². The Kier molecular flexibility index (Phi) is 7.00. The zero-order valence-corrected chi connectivity index (χ0v) is 14.8. The fourth-order valence-electron chi connectivity index (χ4n) is 2.10. The van der Waals surface area contributed by atoms with Crippen molar-refractivity contribution in [2.24, 2.45) is 33.0 Å². The summed E-state index contributed by atoms with van der Waals surface area (Å²) in [5, 5.41) is 9.03. The number of aliphatic imine (C=N–C) groups is 1. The van der Waals surface area contributed by atoms with E-state index in [2.05, 4.69) is 64.8 Å². The highest BCUT2D eigenvalue weighted by atomic mass is 15.1. The van der Waals surface area contributed by atoms with Crippen LogP contribution in [0.1, 0.15) is 67.7 Å². The summed E-state index contributed by atoms with van der Waals surface area (Å²) < 4.78 is 0. The third-order valence-corrected chi connectivity index (χ3v) is 3.82. The molecular weight excluding hydrogens is 258 g/mol. The Balaban J connectivity index is 3.20. The van der Waals surface area contributed by atoms with E-state index >= 15 is 0 Å². The van der Waals surface area contributed by atoms with Crippen molar-refractivity contribution in [2.75, 3.05) is 0 Å². The zero-order valence-electron chi connectivity index (χ0n) is 14.8. The summed E-state index contributed by atoms with van der Waals surface area (Å²) in [6.45, 7) is 15.2. The fraction of sp³-hybridized carbons (Fsp3) is 0.722. The molecule has 0 aromatic rings. The van der Waals surface area contributed by atoms with Gasteiger partial charge in [0.15, 0.2) is 0 Å². The molecule has 118 valence electrons. The van der Waals surface area contributed by atoms with Crippen LogP contribution in [0, 0.1) is 17.8 Å². The van der Waals surface area contributed by atoms with Crippen LogP contribution in [-0.2, 0) is 0 Å². The molecule has 3 heteroatoms. The molecule has 1 heterocycles. The van der Waals surface area contributed by atoms with Crippen molar-refractivity contribution in [1.82, 2.24) is 0 Å². The first-order valence-electron chi connectivity index (χ1n) is 8.23. The molecule has 21 heavy (non-hydrogen) atoms. The second kappa shape index (κ2) is 8.26. The van der Waals surface area contributed by atoms with Gasteiger partial charge in [0, 0.05) is 5.71 Å². The van der Waals surface area contributed by atoms with E-state index in [-0.39, 0.29) is 0 Å². The standard InChI is InChI=1S/C18H31N3/c1-12(2)15(7)19-18(14(5)6)17-11-9-8-10-16(13(3)4)20-21-17/h10,12-14H,8-9,11H2,1-7H3/b16-10-,18-17+,19-15+,21-20-. The van der Waals surface area contributed by atoms with Gasteiger partial charge in [-0.1, -0.05) is 47.6 Å². The van der Waals surface area contributed by atoms with Gasteiger partial charge in [-0.15, -0.1) is 0 Å². The predicted octanol–water partition coefficient (Wildman–Crippen LogP) is 6.15. The number of allylic oxidation sites excluding steroid dienone is 4. The average molecular weight is 289 g/mol. The first kappa shape index (κ1) is 17.8. The highest BCUT2D eigenvalue weighted by Crippen LogP contribution is 2.27. The van der Waals surface area contributed by atoms with Gasteiger partial charge in [0.05, 0.1) is 17.1 Å². The molecule has 0 amide bonds. The van der Waals surface area contributed by atoms with Crippen LogP contribution in [0.5, 0.6) is 0 Å². The summed E-state index contributed by atoms with van der Waals surface area (Å²) in [6, 6.07) is 0. The van der Waals surface area contributed by atoms with Crippen molar-refractivity contribution in [1.29, 1.82) is 0 Å². The van der Waals surface area contributed by atoms with E-state index in [1.54, 1.807) is 0 Å². The van der Waals surface area contributed by atoms with Crippen LogP contribution in [0.25, 0.3) is 0 Å². The van der Waals surface area contributed by atoms with Gasteiger partial charge in [-0.2, -0.15) is 10.2 Å². The predicted molar refractivity (Wildman–Crippen MR) is 91.4 cm³/mol. The van der Waals surface area contributed by atoms with E-state index in [0.717, 1.165) is 36.4 Å². The van der Waals surface area contributed by atoms with E-state index in [1.165, 1.54) is 5.71 Å². The first-order valence-corrected chi connectivity index (χ1v) is 8.23. The molecule has 0 N–H and O–H groups in total. The van der Waals surface area contributed by atoms with Crippen LogP contribution >= 0.6 is 0 Å². The minimum atomic E-state index is 0.374. The number of nitrogens with zero attached hydrogens (tertiary/aromatic N) is 3. The molecule has 0 aromatic carbocycles. The van der Waals surface area contributed by atoms with Crippen molar-refractivity contribution in [2.45, 2.75) is 67.7 Å². The Morgan fingerprint density at radius 3 is 2.24 bits per heavy atom. The van der Waals surface area contributed by atoms with Crippen molar-refractivity contribution < 1.29 is 0 Å². The second-order valence-corrected chi connectivity index (χ2v) is 6.77. The third-order valence-electron chi connectivity index (χ3n) is 3.82. The monoisotopic (exact) mass is 289 g/mol. The third kappa shape index (κ3) is 5.56. The number of hydrogen-bond acceptors (Lipinski definition) is 3.